The van der Waals surface area contributed by atoms with E-state index in [2.05, 4.69) is 27.4 Å². The van der Waals surface area contributed by atoms with Crippen LogP contribution in [0.1, 0.15) is 59.8 Å². The quantitative estimate of drug-likeness (QED) is 0.583. The van der Waals surface area contributed by atoms with Crippen LogP contribution in [0.25, 0.3) is 0 Å². The summed E-state index contributed by atoms with van der Waals surface area (Å²) in [7, 11) is 0. The molecular formula is C22H34O5. The van der Waals surface area contributed by atoms with Crippen molar-refractivity contribution in [2.24, 2.45) is 34.0 Å². The Labute approximate surface area is 162 Å². The standard InChI is InChI=1S/C22H34O5/c1-6-20(4)11-16(27-17(25)12-23)21(5)13(2)7-9-22(14(3)19(20)26)10-8-15(24)18(21)22/h6,13-14,16,18-19,23,26H,1,7-12H2,2-5H3/t13-,14+,16-,18+,19+,20+,21+,22+/m1/s1. The summed E-state index contributed by atoms with van der Waals surface area (Å²) in [4.78, 5) is 25.2. The minimum Gasteiger partial charge on any atom is -0.460 e. The van der Waals surface area contributed by atoms with Gasteiger partial charge in [0.2, 0.25) is 0 Å². The van der Waals surface area contributed by atoms with Gasteiger partial charge in [-0.2, -0.15) is 0 Å². The van der Waals surface area contributed by atoms with Crippen LogP contribution in [0.5, 0.6) is 0 Å². The third-order valence-electron chi connectivity index (χ3n) is 8.70. The third kappa shape index (κ3) is 2.72. The summed E-state index contributed by atoms with van der Waals surface area (Å²) in [5, 5.41) is 20.6. The predicted molar refractivity (Wildman–Crippen MR) is 102 cm³/mol. The number of carbonyl (C=O) groups excluding carboxylic acids is 2. The van der Waals surface area contributed by atoms with Crippen LogP contribution in [-0.4, -0.2) is 40.8 Å². The van der Waals surface area contributed by atoms with Crippen molar-refractivity contribution >= 4 is 11.8 Å². The SMILES string of the molecule is C=C[C@@]1(C)C[C@@H](OC(=O)CO)[C@]2(C)[C@H](C)CC[C@]3(CCC(=O)[C@H]32)[C@@H](C)[C@@H]1O. The van der Waals surface area contributed by atoms with Crippen LogP contribution in [0.15, 0.2) is 12.7 Å². The Hall–Kier alpha value is -1.20. The fourth-order valence-corrected chi connectivity index (χ4v) is 6.70. The first kappa shape index (κ1) is 20.5. The highest BCUT2D eigenvalue weighted by atomic mass is 16.6. The molecule has 0 aromatic rings. The molecule has 3 rings (SSSR count). The van der Waals surface area contributed by atoms with Gasteiger partial charge in [0.1, 0.15) is 18.5 Å². The number of aliphatic hydroxyl groups excluding tert-OH is 2. The minimum atomic E-state index is -0.686. The maximum atomic E-state index is 13.1. The fraction of sp³-hybridized carbons (Fsp3) is 0.818. The zero-order valence-corrected chi connectivity index (χ0v) is 17.0. The molecule has 3 aliphatic carbocycles. The number of Topliss-reactive ketones (excluding diaryl/α,β-unsaturated/α-hetero) is 1. The van der Waals surface area contributed by atoms with Gasteiger partial charge in [0.25, 0.3) is 0 Å². The minimum absolute atomic E-state index is 0.0433. The number of esters is 1. The number of hydrogen-bond donors (Lipinski definition) is 2. The highest BCUT2D eigenvalue weighted by Gasteiger charge is 2.68. The first-order chi connectivity index (χ1) is 12.6. The molecule has 0 aliphatic heterocycles. The maximum Gasteiger partial charge on any atom is 0.332 e. The van der Waals surface area contributed by atoms with Crippen LogP contribution in [0.4, 0.5) is 0 Å². The molecule has 3 saturated carbocycles. The highest BCUT2D eigenvalue weighted by Crippen LogP contribution is 2.67. The van der Waals surface area contributed by atoms with Gasteiger partial charge in [-0.3, -0.25) is 4.79 Å². The molecule has 3 aliphatic rings. The molecule has 5 nitrogen and oxygen atoms in total. The van der Waals surface area contributed by atoms with Gasteiger partial charge >= 0.3 is 5.97 Å². The maximum absolute atomic E-state index is 13.1. The molecule has 2 bridgehead atoms. The van der Waals surface area contributed by atoms with E-state index in [4.69, 9.17) is 4.74 Å². The topological polar surface area (TPSA) is 83.8 Å². The average Bonchev–Trinajstić information content (AvgIpc) is 3.00. The molecule has 3 fully saturated rings. The number of ether oxygens (including phenoxy) is 1. The number of rotatable bonds is 3. The van der Waals surface area contributed by atoms with Gasteiger partial charge in [0.05, 0.1) is 6.10 Å². The largest absolute Gasteiger partial charge is 0.460 e. The Balaban J connectivity index is 2.21. The van der Waals surface area contributed by atoms with Crippen molar-refractivity contribution in [2.45, 2.75) is 72.0 Å². The third-order valence-corrected chi connectivity index (χ3v) is 8.70. The van der Waals surface area contributed by atoms with E-state index in [9.17, 15) is 19.8 Å². The second kappa shape index (κ2) is 6.70. The van der Waals surface area contributed by atoms with Gasteiger partial charge in [-0.1, -0.05) is 33.8 Å². The van der Waals surface area contributed by atoms with E-state index in [1.165, 1.54) is 0 Å². The molecular weight excluding hydrogens is 344 g/mol. The molecule has 5 heteroatoms. The predicted octanol–water partition coefficient (Wildman–Crippen LogP) is 2.89. The lowest BCUT2D eigenvalue weighted by atomic mass is 9.44. The van der Waals surface area contributed by atoms with E-state index in [0.29, 0.717) is 12.8 Å². The first-order valence-corrected chi connectivity index (χ1v) is 10.2. The molecule has 0 radical (unpaired) electrons. The normalized spacial score (nSPS) is 49.7. The highest BCUT2D eigenvalue weighted by molar-refractivity contribution is 5.85. The molecule has 2 N–H and O–H groups in total. The molecule has 0 aromatic heterocycles. The summed E-state index contributed by atoms with van der Waals surface area (Å²) in [6.45, 7) is 11.5. The van der Waals surface area contributed by atoms with Gasteiger partial charge in [-0.15, -0.1) is 6.58 Å². The molecule has 0 aromatic carbocycles. The summed E-state index contributed by atoms with van der Waals surface area (Å²) in [5.41, 5.74) is -1.43. The van der Waals surface area contributed by atoms with Crippen molar-refractivity contribution in [3.63, 3.8) is 0 Å². The summed E-state index contributed by atoms with van der Waals surface area (Å²) in [6.07, 6.45) is 4.10. The zero-order valence-electron chi connectivity index (χ0n) is 17.0. The van der Waals surface area contributed by atoms with E-state index in [-0.39, 0.29) is 29.0 Å². The molecule has 27 heavy (non-hydrogen) atoms. The van der Waals surface area contributed by atoms with Crippen molar-refractivity contribution in [2.75, 3.05) is 6.61 Å². The van der Waals surface area contributed by atoms with Crippen molar-refractivity contribution in [3.8, 4) is 0 Å². The van der Waals surface area contributed by atoms with Crippen LogP contribution in [0, 0.1) is 34.0 Å². The monoisotopic (exact) mass is 378 g/mol. The van der Waals surface area contributed by atoms with Crippen LogP contribution in [0.3, 0.4) is 0 Å². The van der Waals surface area contributed by atoms with E-state index in [1.54, 1.807) is 6.08 Å². The van der Waals surface area contributed by atoms with Crippen molar-refractivity contribution in [1.82, 2.24) is 0 Å². The van der Waals surface area contributed by atoms with Crippen LogP contribution in [0.2, 0.25) is 0 Å². The van der Waals surface area contributed by atoms with Crippen molar-refractivity contribution in [1.29, 1.82) is 0 Å². The van der Waals surface area contributed by atoms with Crippen molar-refractivity contribution < 1.29 is 24.5 Å². The lowest BCUT2D eigenvalue weighted by Gasteiger charge is -2.61. The number of aliphatic hydroxyl groups is 2. The van der Waals surface area contributed by atoms with E-state index >= 15 is 0 Å². The van der Waals surface area contributed by atoms with Gasteiger partial charge in [-0.05, 0) is 42.9 Å². The molecule has 152 valence electrons. The Morgan fingerprint density at radius 3 is 2.59 bits per heavy atom. The first-order valence-electron chi connectivity index (χ1n) is 10.2. The summed E-state index contributed by atoms with van der Waals surface area (Å²) >= 11 is 0. The Kier molecular flexibility index (Phi) is 5.09. The summed E-state index contributed by atoms with van der Waals surface area (Å²) in [5.74, 6) is -0.520. The lowest BCUT2D eigenvalue weighted by molar-refractivity contribution is -0.207. The molecule has 0 unspecified atom stereocenters. The van der Waals surface area contributed by atoms with Gasteiger partial charge in [0, 0.05) is 23.2 Å². The zero-order chi connectivity index (χ0) is 20.2. The van der Waals surface area contributed by atoms with Crippen molar-refractivity contribution in [3.05, 3.63) is 12.7 Å². The molecule has 0 heterocycles. The van der Waals surface area contributed by atoms with E-state index in [0.717, 1.165) is 19.3 Å². The summed E-state index contributed by atoms with van der Waals surface area (Å²) < 4.78 is 5.77. The molecule has 8 atom stereocenters. The second-order valence-electron chi connectivity index (χ2n) is 9.72. The molecule has 0 spiro atoms. The Morgan fingerprint density at radius 2 is 2.00 bits per heavy atom. The van der Waals surface area contributed by atoms with E-state index in [1.807, 2.05) is 6.92 Å². The van der Waals surface area contributed by atoms with E-state index < -0.39 is 35.6 Å². The fourth-order valence-electron chi connectivity index (χ4n) is 6.70. The number of ketones is 1. The second-order valence-corrected chi connectivity index (χ2v) is 9.72. The number of hydrogen-bond acceptors (Lipinski definition) is 5. The molecule has 0 amide bonds. The Bertz CT molecular complexity index is 645. The summed E-state index contributed by atoms with van der Waals surface area (Å²) in [6, 6.07) is 0. The van der Waals surface area contributed by atoms with Crippen LogP contribution < -0.4 is 0 Å². The molecule has 0 saturated heterocycles. The van der Waals surface area contributed by atoms with Gasteiger partial charge in [0.15, 0.2) is 0 Å². The average molecular weight is 379 g/mol. The van der Waals surface area contributed by atoms with Crippen LogP contribution >= 0.6 is 0 Å². The smallest absolute Gasteiger partial charge is 0.332 e. The van der Waals surface area contributed by atoms with Crippen LogP contribution in [-0.2, 0) is 14.3 Å². The number of carbonyl (C=O) groups is 2. The Morgan fingerprint density at radius 1 is 1.33 bits per heavy atom. The van der Waals surface area contributed by atoms with Gasteiger partial charge in [-0.25, -0.2) is 4.79 Å². The lowest BCUT2D eigenvalue weighted by Crippen LogP contribution is -2.63. The van der Waals surface area contributed by atoms with Gasteiger partial charge < -0.3 is 14.9 Å².